The Labute approximate surface area is 207 Å². The predicted molar refractivity (Wildman–Crippen MR) is 131 cm³/mol. The molecule has 2 aliphatic rings. The van der Waals surface area contributed by atoms with Gasteiger partial charge in [0.15, 0.2) is 6.61 Å². The zero-order valence-electron chi connectivity index (χ0n) is 19.7. The van der Waals surface area contributed by atoms with Gasteiger partial charge in [-0.3, -0.25) is 9.59 Å². The number of fused-ring (bicyclic) bond motifs is 1. The molecular formula is C27H25N3O6. The zero-order chi connectivity index (χ0) is 25.1. The first-order valence-corrected chi connectivity index (χ1v) is 11.7. The Hall–Kier alpha value is -4.40. The number of ether oxygens (including phenoxy) is 1. The first-order valence-electron chi connectivity index (χ1n) is 11.7. The van der Waals surface area contributed by atoms with Gasteiger partial charge in [0.1, 0.15) is 17.6 Å². The molecule has 1 fully saturated rings. The third-order valence-electron chi connectivity index (χ3n) is 6.22. The summed E-state index contributed by atoms with van der Waals surface area (Å²) in [5.74, 6) is 0.0234. The van der Waals surface area contributed by atoms with Crippen LogP contribution in [-0.4, -0.2) is 35.1 Å². The topological polar surface area (TPSA) is 114 Å². The fourth-order valence-corrected chi connectivity index (χ4v) is 4.66. The fourth-order valence-electron chi connectivity index (χ4n) is 4.66. The zero-order valence-corrected chi connectivity index (χ0v) is 19.7. The van der Waals surface area contributed by atoms with Gasteiger partial charge in [-0.25, -0.2) is 9.80 Å². The SMILES string of the molecule is CC(=O)Nc1ccc(C(=O)OCC(=O)N2N=C3/C(=C\c4ccco4)CCCC3C2c2ccco2)cc1. The molecule has 9 heteroatoms. The Balaban J connectivity index is 1.33. The molecule has 1 aromatic carbocycles. The fraction of sp³-hybridized carbons (Fsp3) is 0.259. The standard InChI is InChI=1S/C27H25N3O6/c1-17(31)28-20-11-9-18(10-12-20)27(33)36-16-24(32)30-26(23-8-4-14-35-23)22-7-2-5-19(25(22)29-30)15-21-6-3-13-34-21/h3-4,6,8-15,22,26H,2,5,7,16H2,1H3,(H,28,31)/b19-15-. The van der Waals surface area contributed by atoms with E-state index in [1.807, 2.05) is 24.3 Å². The molecule has 1 aliphatic carbocycles. The van der Waals surface area contributed by atoms with Gasteiger partial charge in [0.2, 0.25) is 5.91 Å². The van der Waals surface area contributed by atoms with Crippen LogP contribution in [0.5, 0.6) is 0 Å². The highest BCUT2D eigenvalue weighted by Gasteiger charge is 2.45. The molecule has 5 rings (SSSR count). The van der Waals surface area contributed by atoms with Gasteiger partial charge < -0.3 is 18.9 Å². The van der Waals surface area contributed by atoms with Crippen LogP contribution in [0.2, 0.25) is 0 Å². The number of hydrogen-bond acceptors (Lipinski definition) is 7. The second-order valence-corrected chi connectivity index (χ2v) is 8.70. The second kappa shape index (κ2) is 10.1. The van der Waals surface area contributed by atoms with Gasteiger partial charge in [-0.2, -0.15) is 5.10 Å². The van der Waals surface area contributed by atoms with Crippen LogP contribution in [0.15, 0.2) is 80.6 Å². The van der Waals surface area contributed by atoms with Crippen LogP contribution in [0, 0.1) is 5.92 Å². The number of anilines is 1. The Morgan fingerprint density at radius 2 is 1.89 bits per heavy atom. The summed E-state index contributed by atoms with van der Waals surface area (Å²) in [5.41, 5.74) is 2.67. The summed E-state index contributed by atoms with van der Waals surface area (Å²) in [4.78, 5) is 36.9. The van der Waals surface area contributed by atoms with E-state index < -0.39 is 24.5 Å². The molecule has 2 atom stereocenters. The van der Waals surface area contributed by atoms with E-state index in [-0.39, 0.29) is 17.4 Å². The molecule has 3 aromatic rings. The van der Waals surface area contributed by atoms with Crippen molar-refractivity contribution in [3.8, 4) is 0 Å². The van der Waals surface area contributed by atoms with E-state index in [1.165, 1.54) is 24.1 Å². The molecule has 3 heterocycles. The number of hydrazone groups is 1. The number of amides is 2. The molecular weight excluding hydrogens is 462 g/mol. The van der Waals surface area contributed by atoms with Gasteiger partial charge in [-0.05, 0) is 79.4 Å². The van der Waals surface area contributed by atoms with Crippen LogP contribution in [0.1, 0.15) is 54.1 Å². The molecule has 2 aromatic heterocycles. The largest absolute Gasteiger partial charge is 0.467 e. The van der Waals surface area contributed by atoms with Crippen molar-refractivity contribution in [2.75, 3.05) is 11.9 Å². The number of rotatable bonds is 6. The number of furan rings is 2. The van der Waals surface area contributed by atoms with Crippen molar-refractivity contribution in [3.05, 3.63) is 83.7 Å². The maximum atomic E-state index is 13.2. The van der Waals surface area contributed by atoms with Gasteiger partial charge >= 0.3 is 5.97 Å². The van der Waals surface area contributed by atoms with Crippen molar-refractivity contribution in [1.29, 1.82) is 0 Å². The Morgan fingerprint density at radius 3 is 2.58 bits per heavy atom. The van der Waals surface area contributed by atoms with Crippen LogP contribution in [0.4, 0.5) is 5.69 Å². The minimum Gasteiger partial charge on any atom is -0.467 e. The second-order valence-electron chi connectivity index (χ2n) is 8.70. The first-order chi connectivity index (χ1) is 17.5. The lowest BCUT2D eigenvalue weighted by Crippen LogP contribution is -2.34. The summed E-state index contributed by atoms with van der Waals surface area (Å²) in [6.07, 6.45) is 7.77. The van der Waals surface area contributed by atoms with Gasteiger partial charge in [0.25, 0.3) is 5.91 Å². The molecule has 1 aliphatic heterocycles. The van der Waals surface area contributed by atoms with Crippen LogP contribution < -0.4 is 5.32 Å². The van der Waals surface area contributed by atoms with E-state index in [0.29, 0.717) is 11.4 Å². The van der Waals surface area contributed by atoms with E-state index >= 15 is 0 Å². The van der Waals surface area contributed by atoms with E-state index in [4.69, 9.17) is 18.7 Å². The van der Waals surface area contributed by atoms with Gasteiger partial charge in [0.05, 0.1) is 23.8 Å². The smallest absolute Gasteiger partial charge is 0.338 e. The van der Waals surface area contributed by atoms with Crippen LogP contribution in [0.25, 0.3) is 6.08 Å². The van der Waals surface area contributed by atoms with Crippen LogP contribution >= 0.6 is 0 Å². The quantitative estimate of drug-likeness (QED) is 0.499. The molecule has 184 valence electrons. The van der Waals surface area contributed by atoms with E-state index in [0.717, 1.165) is 36.3 Å². The number of allylic oxidation sites excluding steroid dienone is 1. The minimum atomic E-state index is -0.644. The maximum absolute atomic E-state index is 13.2. The molecule has 36 heavy (non-hydrogen) atoms. The van der Waals surface area contributed by atoms with Gasteiger partial charge in [-0.1, -0.05) is 0 Å². The molecule has 0 spiro atoms. The summed E-state index contributed by atoms with van der Waals surface area (Å²) in [6, 6.07) is 13.1. The third kappa shape index (κ3) is 4.86. The average molecular weight is 488 g/mol. The highest BCUT2D eigenvalue weighted by atomic mass is 16.5. The highest BCUT2D eigenvalue weighted by Crippen LogP contribution is 2.44. The van der Waals surface area contributed by atoms with Crippen LogP contribution in [0.3, 0.4) is 0 Å². The van der Waals surface area contributed by atoms with Crippen molar-refractivity contribution in [2.24, 2.45) is 11.0 Å². The van der Waals surface area contributed by atoms with Crippen molar-refractivity contribution in [3.63, 3.8) is 0 Å². The molecule has 1 N–H and O–H groups in total. The number of hydrogen-bond donors (Lipinski definition) is 1. The Morgan fingerprint density at radius 1 is 1.11 bits per heavy atom. The number of nitrogens with zero attached hydrogens (tertiary/aromatic N) is 2. The van der Waals surface area contributed by atoms with Crippen molar-refractivity contribution in [1.82, 2.24) is 5.01 Å². The number of nitrogens with one attached hydrogen (secondary N) is 1. The third-order valence-corrected chi connectivity index (χ3v) is 6.22. The molecule has 9 nitrogen and oxygen atoms in total. The van der Waals surface area contributed by atoms with Gasteiger partial charge in [-0.15, -0.1) is 0 Å². The Kier molecular flexibility index (Phi) is 6.53. The van der Waals surface area contributed by atoms with E-state index in [1.54, 1.807) is 30.7 Å². The average Bonchev–Trinajstić information content (AvgIpc) is 3.63. The normalized spacial score (nSPS) is 20.1. The number of esters is 1. The summed E-state index contributed by atoms with van der Waals surface area (Å²) in [7, 11) is 0. The molecule has 0 bridgehead atoms. The van der Waals surface area contributed by atoms with Crippen molar-refractivity contribution >= 4 is 35.3 Å². The highest BCUT2D eigenvalue weighted by molar-refractivity contribution is 6.08. The van der Waals surface area contributed by atoms with E-state index in [2.05, 4.69) is 5.32 Å². The van der Waals surface area contributed by atoms with Crippen molar-refractivity contribution < 1.29 is 28.0 Å². The monoisotopic (exact) mass is 487 g/mol. The summed E-state index contributed by atoms with van der Waals surface area (Å²) < 4.78 is 16.5. The minimum absolute atomic E-state index is 0.0351. The molecule has 1 saturated carbocycles. The Bertz CT molecular complexity index is 1310. The number of benzene rings is 1. The van der Waals surface area contributed by atoms with E-state index in [9.17, 15) is 14.4 Å². The maximum Gasteiger partial charge on any atom is 0.338 e. The number of carbonyl (C=O) groups excluding carboxylic acids is 3. The lowest BCUT2D eigenvalue weighted by molar-refractivity contribution is -0.137. The van der Waals surface area contributed by atoms with Crippen molar-refractivity contribution in [2.45, 2.75) is 32.2 Å². The number of carbonyl (C=O) groups is 3. The molecule has 2 unspecified atom stereocenters. The summed E-state index contributed by atoms with van der Waals surface area (Å²) in [5, 5.41) is 8.71. The molecule has 2 amide bonds. The predicted octanol–water partition coefficient (Wildman–Crippen LogP) is 4.81. The summed E-state index contributed by atoms with van der Waals surface area (Å²) in [6.45, 7) is 0.932. The lowest BCUT2D eigenvalue weighted by Gasteiger charge is -2.27. The first kappa shape index (κ1) is 23.3. The lowest BCUT2D eigenvalue weighted by atomic mass is 9.79. The van der Waals surface area contributed by atoms with Crippen LogP contribution in [-0.2, 0) is 14.3 Å². The van der Waals surface area contributed by atoms with Gasteiger partial charge in [0, 0.05) is 18.5 Å². The molecule has 0 saturated heterocycles. The summed E-state index contributed by atoms with van der Waals surface area (Å²) >= 11 is 0. The molecule has 0 radical (unpaired) electrons.